The summed E-state index contributed by atoms with van der Waals surface area (Å²) in [5, 5.41) is 3.01. The zero-order chi connectivity index (χ0) is 20.1. The highest BCUT2D eigenvalue weighted by molar-refractivity contribution is 5.98. The van der Waals surface area contributed by atoms with E-state index in [1.807, 2.05) is 18.7 Å². The Bertz CT molecular complexity index is 814. The average Bonchev–Trinajstić information content (AvgIpc) is 3.13. The van der Waals surface area contributed by atoms with Gasteiger partial charge in [0.05, 0.1) is 23.7 Å². The number of fused-ring (bicyclic) bond motifs is 1. The number of aromatic nitrogens is 1. The first-order chi connectivity index (χ1) is 13.2. The molecule has 3 fully saturated rings. The number of primary amides is 1. The Kier molecular flexibility index (Phi) is 4.61. The van der Waals surface area contributed by atoms with E-state index in [4.69, 9.17) is 5.73 Å². The van der Waals surface area contributed by atoms with Gasteiger partial charge in [-0.3, -0.25) is 24.3 Å². The van der Waals surface area contributed by atoms with Gasteiger partial charge in [-0.1, -0.05) is 13.8 Å². The number of carbonyl (C=O) groups excluding carboxylic acids is 3. The molecule has 3 heterocycles. The molecule has 1 aliphatic carbocycles. The Balaban J connectivity index is 1.37. The number of amides is 3. The van der Waals surface area contributed by atoms with Crippen LogP contribution in [0, 0.1) is 17.3 Å². The quantitative estimate of drug-likeness (QED) is 0.747. The number of nitrogens with one attached hydrogen (secondary N) is 1. The second kappa shape index (κ2) is 6.84. The first-order valence-corrected chi connectivity index (χ1v) is 9.79. The summed E-state index contributed by atoms with van der Waals surface area (Å²) in [6, 6.07) is 1.27. The number of piperidine rings is 1. The molecule has 28 heavy (non-hydrogen) atoms. The van der Waals surface area contributed by atoms with E-state index in [9.17, 15) is 14.4 Å². The molecule has 150 valence electrons. The molecule has 1 aromatic heterocycles. The molecule has 1 aromatic rings. The maximum absolute atomic E-state index is 12.7. The van der Waals surface area contributed by atoms with Crippen LogP contribution in [-0.4, -0.2) is 71.3 Å². The van der Waals surface area contributed by atoms with E-state index in [0.29, 0.717) is 19.6 Å². The molecule has 8 heteroatoms. The van der Waals surface area contributed by atoms with Gasteiger partial charge in [-0.05, 0) is 24.3 Å². The van der Waals surface area contributed by atoms with Gasteiger partial charge in [0.15, 0.2) is 0 Å². The van der Waals surface area contributed by atoms with Crippen molar-refractivity contribution in [3.8, 4) is 0 Å². The summed E-state index contributed by atoms with van der Waals surface area (Å²) in [6.07, 6.45) is 4.06. The number of pyridine rings is 1. The van der Waals surface area contributed by atoms with Gasteiger partial charge in [-0.25, -0.2) is 0 Å². The second-order valence-electron chi connectivity index (χ2n) is 9.07. The van der Waals surface area contributed by atoms with Gasteiger partial charge >= 0.3 is 0 Å². The average molecular weight is 385 g/mol. The van der Waals surface area contributed by atoms with Crippen molar-refractivity contribution >= 4 is 17.7 Å². The lowest BCUT2D eigenvalue weighted by Gasteiger charge is -2.26. The molecule has 1 saturated carbocycles. The minimum Gasteiger partial charge on any atom is -0.366 e. The summed E-state index contributed by atoms with van der Waals surface area (Å²) in [7, 11) is 0. The summed E-state index contributed by atoms with van der Waals surface area (Å²) in [5.74, 6) is 0.796. The minimum atomic E-state index is -0.625. The Hall–Kier alpha value is -2.48. The molecule has 0 aromatic carbocycles. The van der Waals surface area contributed by atoms with E-state index >= 15 is 0 Å². The van der Waals surface area contributed by atoms with E-state index in [0.717, 1.165) is 24.9 Å². The molecule has 3 atom stereocenters. The highest BCUT2D eigenvalue weighted by Gasteiger charge is 2.47. The summed E-state index contributed by atoms with van der Waals surface area (Å²) in [4.78, 5) is 44.7. The number of carbonyl (C=O) groups is 3. The molecule has 0 spiro atoms. The smallest absolute Gasteiger partial charge is 0.253 e. The van der Waals surface area contributed by atoms with E-state index in [1.165, 1.54) is 24.9 Å². The normalized spacial score (nSPS) is 28.1. The van der Waals surface area contributed by atoms with Gasteiger partial charge in [0.2, 0.25) is 11.8 Å². The lowest BCUT2D eigenvalue weighted by molar-refractivity contribution is -0.131. The molecule has 3 aliphatic rings. The van der Waals surface area contributed by atoms with Crippen LogP contribution in [0.5, 0.6) is 0 Å². The molecule has 0 radical (unpaired) electrons. The largest absolute Gasteiger partial charge is 0.366 e. The van der Waals surface area contributed by atoms with Gasteiger partial charge in [-0.2, -0.15) is 0 Å². The van der Waals surface area contributed by atoms with Gasteiger partial charge in [0.25, 0.3) is 5.91 Å². The van der Waals surface area contributed by atoms with Crippen molar-refractivity contribution in [1.82, 2.24) is 20.1 Å². The zero-order valence-corrected chi connectivity index (χ0v) is 16.4. The molecule has 2 aliphatic heterocycles. The van der Waals surface area contributed by atoms with E-state index < -0.39 is 5.91 Å². The van der Waals surface area contributed by atoms with Crippen molar-refractivity contribution in [2.75, 3.05) is 32.7 Å². The third kappa shape index (κ3) is 3.73. The van der Waals surface area contributed by atoms with Crippen molar-refractivity contribution in [2.45, 2.75) is 26.3 Å². The molecule has 4 rings (SSSR count). The molecule has 8 nitrogen and oxygen atoms in total. The van der Waals surface area contributed by atoms with Crippen molar-refractivity contribution in [1.29, 1.82) is 0 Å². The summed E-state index contributed by atoms with van der Waals surface area (Å²) in [6.45, 7) is 7.74. The molecule has 0 bridgehead atoms. The predicted octanol–water partition coefficient (Wildman–Crippen LogP) is 0.0990. The molecular formula is C20H27N5O3. The maximum Gasteiger partial charge on any atom is 0.253 e. The van der Waals surface area contributed by atoms with Crippen LogP contribution in [0.2, 0.25) is 0 Å². The van der Waals surface area contributed by atoms with E-state index in [2.05, 4.69) is 15.2 Å². The molecule has 3 amide bonds. The molecule has 3 unspecified atom stereocenters. The van der Waals surface area contributed by atoms with Crippen molar-refractivity contribution in [3.63, 3.8) is 0 Å². The monoisotopic (exact) mass is 385 g/mol. The van der Waals surface area contributed by atoms with Gasteiger partial charge in [0.1, 0.15) is 0 Å². The zero-order valence-electron chi connectivity index (χ0n) is 16.4. The fourth-order valence-corrected chi connectivity index (χ4v) is 4.42. The number of rotatable bonds is 5. The highest BCUT2D eigenvalue weighted by Crippen LogP contribution is 2.44. The summed E-state index contributed by atoms with van der Waals surface area (Å²) < 4.78 is 0. The number of likely N-dealkylation sites (tertiary alicyclic amines) is 2. The lowest BCUT2D eigenvalue weighted by atomic mass is 9.87. The Labute approximate surface area is 164 Å². The van der Waals surface area contributed by atoms with E-state index in [-0.39, 0.29) is 34.4 Å². The van der Waals surface area contributed by atoms with Crippen molar-refractivity contribution in [2.24, 2.45) is 23.0 Å². The maximum atomic E-state index is 12.7. The van der Waals surface area contributed by atoms with Crippen LogP contribution in [-0.2, 0) is 4.79 Å². The SMILES string of the molecule is CC1(C)CN(C(=O)CN2CC3CC3C2)CC1NC(=O)c1cncc(C(N)=O)c1. The van der Waals surface area contributed by atoms with Crippen LogP contribution in [0.4, 0.5) is 0 Å². The Morgan fingerprint density at radius 2 is 1.86 bits per heavy atom. The van der Waals surface area contributed by atoms with E-state index in [1.54, 1.807) is 0 Å². The summed E-state index contributed by atoms with van der Waals surface area (Å²) in [5.41, 5.74) is 5.50. The highest BCUT2D eigenvalue weighted by atomic mass is 16.2. The Morgan fingerprint density at radius 3 is 2.54 bits per heavy atom. The lowest BCUT2D eigenvalue weighted by Crippen LogP contribution is -2.44. The van der Waals surface area contributed by atoms with Crippen LogP contribution in [0.15, 0.2) is 18.5 Å². The minimum absolute atomic E-state index is 0.128. The number of hydrogen-bond acceptors (Lipinski definition) is 5. The van der Waals surface area contributed by atoms with Crippen LogP contribution < -0.4 is 11.1 Å². The third-order valence-electron chi connectivity index (χ3n) is 6.30. The van der Waals surface area contributed by atoms with Crippen LogP contribution in [0.1, 0.15) is 41.0 Å². The number of nitrogens with two attached hydrogens (primary N) is 1. The predicted molar refractivity (Wildman–Crippen MR) is 102 cm³/mol. The molecular weight excluding hydrogens is 358 g/mol. The fraction of sp³-hybridized carbons (Fsp3) is 0.600. The summed E-state index contributed by atoms with van der Waals surface area (Å²) >= 11 is 0. The second-order valence-corrected chi connectivity index (χ2v) is 9.07. The Morgan fingerprint density at radius 1 is 1.18 bits per heavy atom. The standard InChI is InChI=1S/C20H27N5O3/c1-20(2)11-25(17(26)10-24-7-14-4-15(14)8-24)9-16(20)23-19(28)13-3-12(18(21)27)5-22-6-13/h3,5-6,14-16H,4,7-11H2,1-2H3,(H2,21,27)(H,23,28). The first kappa shape index (κ1) is 18.9. The third-order valence-corrected chi connectivity index (χ3v) is 6.30. The fourth-order valence-electron chi connectivity index (χ4n) is 4.42. The number of nitrogens with zero attached hydrogens (tertiary/aromatic N) is 3. The van der Waals surface area contributed by atoms with Crippen LogP contribution in [0.25, 0.3) is 0 Å². The van der Waals surface area contributed by atoms with Gasteiger partial charge < -0.3 is 16.0 Å². The van der Waals surface area contributed by atoms with Gasteiger partial charge in [0, 0.05) is 44.0 Å². The topological polar surface area (TPSA) is 109 Å². The van der Waals surface area contributed by atoms with Crippen LogP contribution >= 0.6 is 0 Å². The molecule has 3 N–H and O–H groups in total. The van der Waals surface area contributed by atoms with Crippen molar-refractivity contribution in [3.05, 3.63) is 29.6 Å². The molecule has 2 saturated heterocycles. The van der Waals surface area contributed by atoms with Gasteiger partial charge in [-0.15, -0.1) is 0 Å². The van der Waals surface area contributed by atoms with Crippen LogP contribution in [0.3, 0.4) is 0 Å². The van der Waals surface area contributed by atoms with Crippen molar-refractivity contribution < 1.29 is 14.4 Å². The number of hydrogen-bond donors (Lipinski definition) is 2. The first-order valence-electron chi connectivity index (χ1n) is 9.79.